The maximum Gasteiger partial charge on any atom is 0.245 e. The zero-order valence-electron chi connectivity index (χ0n) is 7.28. The third-order valence-electron chi connectivity index (χ3n) is 1.08. The molecule has 13 heavy (non-hydrogen) atoms. The maximum absolute atomic E-state index is 10.3. The minimum atomic E-state index is -0.173. The summed E-state index contributed by atoms with van der Waals surface area (Å²) in [6.45, 7) is 3.43. The molecule has 2 amide bonds. The van der Waals surface area contributed by atoms with Gasteiger partial charge in [-0.15, -0.1) is 5.01 Å². The summed E-state index contributed by atoms with van der Waals surface area (Å²) in [6.07, 6.45) is 2.07. The van der Waals surface area contributed by atoms with Crippen molar-refractivity contribution in [1.29, 1.82) is 5.26 Å². The van der Waals surface area contributed by atoms with E-state index in [9.17, 15) is 9.59 Å². The van der Waals surface area contributed by atoms with E-state index in [2.05, 4.69) is 10.4 Å². The van der Waals surface area contributed by atoms with Gasteiger partial charge < -0.3 is 0 Å². The molecule has 0 saturated heterocycles. The molecule has 0 spiro atoms. The first kappa shape index (κ1) is 11.0. The Morgan fingerprint density at radius 2 is 1.92 bits per heavy atom. The molecule has 0 atom stereocenters. The van der Waals surface area contributed by atoms with Gasteiger partial charge in [0, 0.05) is 0 Å². The number of hydrogen-bond acceptors (Lipinski definition) is 5. The summed E-state index contributed by atoms with van der Waals surface area (Å²) in [5.74, 6) is 0. The molecule has 0 aromatic rings. The quantitative estimate of drug-likeness (QED) is 0.198. The Labute approximate surface area is 75.2 Å². The minimum Gasteiger partial charge on any atom is -0.277 e. The Kier molecular flexibility index (Phi) is 4.79. The van der Waals surface area contributed by atoms with Crippen LogP contribution in [-0.4, -0.2) is 28.9 Å². The zero-order valence-corrected chi connectivity index (χ0v) is 7.28. The van der Waals surface area contributed by atoms with E-state index in [1.54, 1.807) is 13.8 Å². The number of hydrogen-bond donors (Lipinski definition) is 0. The number of carbonyl (C=O) groups is 2. The summed E-state index contributed by atoms with van der Waals surface area (Å²) < 4.78 is 0. The largest absolute Gasteiger partial charge is 0.277 e. The molecule has 0 fully saturated rings. The van der Waals surface area contributed by atoms with Crippen molar-refractivity contribution in [2.45, 2.75) is 19.9 Å². The number of amides is 2. The lowest BCUT2D eigenvalue weighted by atomic mass is 10.4. The van der Waals surface area contributed by atoms with E-state index in [1.807, 2.05) is 0 Å². The van der Waals surface area contributed by atoms with E-state index in [4.69, 9.17) is 5.26 Å². The molecule has 0 aliphatic carbocycles. The molecule has 0 unspecified atom stereocenters. The van der Waals surface area contributed by atoms with Crippen molar-refractivity contribution in [2.24, 2.45) is 10.4 Å². The van der Waals surface area contributed by atoms with Crippen molar-refractivity contribution < 1.29 is 9.59 Å². The molecule has 0 radical (unpaired) electrons. The van der Waals surface area contributed by atoms with Crippen LogP contribution in [0.25, 0.3) is 0 Å². The molecule has 0 rings (SSSR count). The van der Waals surface area contributed by atoms with Crippen LogP contribution in [0.2, 0.25) is 0 Å². The number of nitriles is 1. The molecule has 7 heteroatoms. The maximum atomic E-state index is 10.3. The van der Waals surface area contributed by atoms with E-state index >= 15 is 0 Å². The number of rotatable bonds is 5. The zero-order chi connectivity index (χ0) is 10.3. The van der Waals surface area contributed by atoms with Crippen molar-refractivity contribution in [3.63, 3.8) is 0 Å². The summed E-state index contributed by atoms with van der Waals surface area (Å²) in [6, 6.07) is -0.173. The third kappa shape index (κ3) is 3.81. The van der Waals surface area contributed by atoms with Crippen LogP contribution in [0.3, 0.4) is 0 Å². The average molecular weight is 183 g/mol. The summed E-state index contributed by atoms with van der Waals surface area (Å²) in [7, 11) is 0. The highest BCUT2D eigenvalue weighted by molar-refractivity contribution is 5.49. The van der Waals surface area contributed by atoms with Gasteiger partial charge in [-0.2, -0.15) is 5.26 Å². The Morgan fingerprint density at radius 3 is 2.23 bits per heavy atom. The van der Waals surface area contributed by atoms with Crippen LogP contribution < -0.4 is 0 Å². The lowest BCUT2D eigenvalue weighted by Crippen LogP contribution is -2.23. The van der Waals surface area contributed by atoms with Gasteiger partial charge in [0.1, 0.15) is 0 Å². The predicted octanol–water partition coefficient (Wildman–Crippen LogP) is 0.0749. The van der Waals surface area contributed by atoms with Crippen LogP contribution in [0.1, 0.15) is 13.8 Å². The van der Waals surface area contributed by atoms with Crippen LogP contribution in [0.4, 0.5) is 0 Å². The topological polar surface area (TPSA) is 89.1 Å². The predicted molar refractivity (Wildman–Crippen MR) is 41.4 cm³/mol. The Morgan fingerprint density at radius 1 is 1.31 bits per heavy atom. The number of carbonyl (C=O) groups excluding carboxylic acids is 2. The second kappa shape index (κ2) is 5.65. The third-order valence-corrected chi connectivity index (χ3v) is 1.08. The van der Waals surface area contributed by atoms with Crippen LogP contribution >= 0.6 is 0 Å². The van der Waals surface area contributed by atoms with Gasteiger partial charge in [-0.25, -0.2) is 5.01 Å². The fourth-order valence-electron chi connectivity index (χ4n) is 0.400. The highest BCUT2D eigenvalue weighted by atomic mass is 16.2. The molecule has 0 bridgehead atoms. The lowest BCUT2D eigenvalue weighted by Gasteiger charge is -2.12. The Bertz CT molecular complexity index is 244. The summed E-state index contributed by atoms with van der Waals surface area (Å²) >= 11 is 0. The van der Waals surface area contributed by atoms with Crippen molar-refractivity contribution in [3.8, 4) is 6.19 Å². The summed E-state index contributed by atoms with van der Waals surface area (Å²) in [4.78, 5) is 20.4. The van der Waals surface area contributed by atoms with Crippen molar-refractivity contribution in [1.82, 2.24) is 10.0 Å². The van der Waals surface area contributed by atoms with E-state index < -0.39 is 0 Å². The minimum absolute atomic E-state index is 0.173. The van der Waals surface area contributed by atoms with Gasteiger partial charge in [0.05, 0.1) is 6.04 Å². The Balaban J connectivity index is 4.30. The van der Waals surface area contributed by atoms with Gasteiger partial charge >= 0.3 is 0 Å². The molecule has 0 heterocycles. The average Bonchev–Trinajstić information content (AvgIpc) is 2.12. The second-order valence-corrected chi connectivity index (χ2v) is 2.31. The SMILES string of the molecule is CC(C)N(C=O)N=NN(C#N)C=O. The highest BCUT2D eigenvalue weighted by Gasteiger charge is 2.04. The van der Waals surface area contributed by atoms with Gasteiger partial charge in [-0.1, -0.05) is 0 Å². The molecule has 7 nitrogen and oxygen atoms in total. The highest BCUT2D eigenvalue weighted by Crippen LogP contribution is 1.96. The lowest BCUT2D eigenvalue weighted by molar-refractivity contribution is -0.121. The van der Waals surface area contributed by atoms with E-state index in [1.165, 1.54) is 6.19 Å². The second-order valence-electron chi connectivity index (χ2n) is 2.31. The van der Waals surface area contributed by atoms with Gasteiger partial charge in [0.2, 0.25) is 19.0 Å². The molecule has 70 valence electrons. The first-order chi connectivity index (χ1) is 6.15. The molecule has 0 saturated carbocycles. The van der Waals surface area contributed by atoms with E-state index in [-0.39, 0.29) is 12.5 Å². The van der Waals surface area contributed by atoms with Crippen LogP contribution in [-0.2, 0) is 9.59 Å². The van der Waals surface area contributed by atoms with Crippen LogP contribution in [0.15, 0.2) is 10.4 Å². The smallest absolute Gasteiger partial charge is 0.245 e. The summed E-state index contributed by atoms with van der Waals surface area (Å²) in [5, 5.41) is 16.1. The molecule has 0 aromatic carbocycles. The molecule has 0 N–H and O–H groups in total. The van der Waals surface area contributed by atoms with Crippen LogP contribution in [0, 0.1) is 11.5 Å². The fraction of sp³-hybridized carbons (Fsp3) is 0.500. The molecule has 0 aliphatic rings. The molecular formula is C6H9N5O2. The Hall–Kier alpha value is -1.97. The van der Waals surface area contributed by atoms with E-state index in [0.717, 1.165) is 5.01 Å². The molecular weight excluding hydrogens is 174 g/mol. The van der Waals surface area contributed by atoms with Crippen molar-refractivity contribution in [3.05, 3.63) is 0 Å². The monoisotopic (exact) mass is 183 g/mol. The van der Waals surface area contributed by atoms with Crippen molar-refractivity contribution >= 4 is 12.8 Å². The first-order valence-corrected chi connectivity index (χ1v) is 3.45. The normalized spacial score (nSPS) is 9.69. The van der Waals surface area contributed by atoms with Crippen LogP contribution in [0.5, 0.6) is 0 Å². The fourth-order valence-corrected chi connectivity index (χ4v) is 0.400. The summed E-state index contributed by atoms with van der Waals surface area (Å²) in [5.41, 5.74) is 0. The van der Waals surface area contributed by atoms with E-state index in [0.29, 0.717) is 11.4 Å². The van der Waals surface area contributed by atoms with Gasteiger partial charge in [0.15, 0.2) is 0 Å². The first-order valence-electron chi connectivity index (χ1n) is 3.45. The van der Waals surface area contributed by atoms with Gasteiger partial charge in [-0.3, -0.25) is 9.59 Å². The number of nitrogens with zero attached hydrogens (tertiary/aromatic N) is 5. The standard InChI is InChI=1S/C6H9N5O2/c1-6(2)11(5-13)9-8-10(3-7)4-12/h4-6H,1-2H3. The molecule has 0 aromatic heterocycles. The van der Waals surface area contributed by atoms with Gasteiger partial charge in [-0.05, 0) is 24.3 Å². The van der Waals surface area contributed by atoms with Gasteiger partial charge in [0.25, 0.3) is 0 Å². The van der Waals surface area contributed by atoms with Crippen molar-refractivity contribution in [2.75, 3.05) is 0 Å². The molecule has 0 aliphatic heterocycles.